The fourth-order valence-corrected chi connectivity index (χ4v) is 9.82. The van der Waals surface area contributed by atoms with Gasteiger partial charge in [-0.25, -0.2) is 9.97 Å². The van der Waals surface area contributed by atoms with Crippen LogP contribution in [0.5, 0.6) is 11.8 Å². The van der Waals surface area contributed by atoms with E-state index in [0.717, 1.165) is 109 Å². The predicted molar refractivity (Wildman–Crippen MR) is 201 cm³/mol. The van der Waals surface area contributed by atoms with E-state index in [-0.39, 0.29) is 28.8 Å². The molecule has 4 aromatic rings. The van der Waals surface area contributed by atoms with Gasteiger partial charge >= 0.3 is 0 Å². The third-order valence-corrected chi connectivity index (χ3v) is 12.5. The van der Waals surface area contributed by atoms with Crippen molar-refractivity contribution < 1.29 is 19.1 Å². The largest absolute Gasteiger partial charge is 0.481 e. The molecule has 4 saturated heterocycles. The minimum absolute atomic E-state index is 0.0503. The van der Waals surface area contributed by atoms with Crippen molar-refractivity contribution in [1.29, 1.82) is 0 Å². The molecule has 0 radical (unpaired) electrons. The molecule has 1 aliphatic carbocycles. The Bertz CT molecular complexity index is 2150. The fourth-order valence-electron chi connectivity index (χ4n) is 9.82. The number of nitrogens with one attached hydrogen (secondary N) is 1. The highest BCUT2D eigenvalue weighted by molar-refractivity contribution is 5.83. The molecule has 4 fully saturated rings. The van der Waals surface area contributed by atoms with Crippen molar-refractivity contribution in [3.8, 4) is 45.4 Å². The van der Waals surface area contributed by atoms with Gasteiger partial charge in [0, 0.05) is 87.3 Å². The third-order valence-electron chi connectivity index (χ3n) is 12.5. The van der Waals surface area contributed by atoms with Crippen LogP contribution in [0, 0.1) is 19.3 Å². The van der Waals surface area contributed by atoms with Gasteiger partial charge in [0.25, 0.3) is 0 Å². The maximum absolute atomic E-state index is 11.9. The SMILES string of the molecule is COc1nc(-c2cccc(-c3cccc(-c4cc5c(c(OC)n4)[C@@H](N4CC6(CCC(=O)N6)C4)CC5)c3C)c2C)cnc1CN1CC2(C1)CN(C(C)=O)C2. The molecule has 0 unspecified atom stereocenters. The third kappa shape index (κ3) is 5.67. The van der Waals surface area contributed by atoms with Gasteiger partial charge in [0.2, 0.25) is 23.6 Å². The molecule has 5 aliphatic rings. The Balaban J connectivity index is 0.956. The van der Waals surface area contributed by atoms with Gasteiger partial charge < -0.3 is 19.7 Å². The zero-order valence-electron chi connectivity index (χ0n) is 31.3. The number of pyridine rings is 1. The van der Waals surface area contributed by atoms with E-state index in [1.54, 1.807) is 21.1 Å². The number of likely N-dealkylation sites (tertiary alicyclic amines) is 3. The van der Waals surface area contributed by atoms with Crippen LogP contribution in [0.4, 0.5) is 0 Å². The molecular weight excluding hydrogens is 667 g/mol. The second-order valence-electron chi connectivity index (χ2n) is 16.1. The number of aryl methyl sites for hydroxylation is 1. The molecule has 4 aliphatic heterocycles. The second kappa shape index (κ2) is 12.6. The van der Waals surface area contributed by atoms with Crippen LogP contribution < -0.4 is 14.8 Å². The van der Waals surface area contributed by atoms with E-state index in [2.05, 4.69) is 71.4 Å². The minimum atomic E-state index is -0.0503. The number of nitrogens with zero attached hydrogens (tertiary/aromatic N) is 6. The van der Waals surface area contributed by atoms with Crippen LogP contribution in [-0.2, 0) is 22.6 Å². The number of benzene rings is 2. The van der Waals surface area contributed by atoms with Crippen molar-refractivity contribution >= 4 is 11.8 Å². The molecule has 2 amide bonds. The quantitative estimate of drug-likeness (QED) is 0.266. The predicted octanol–water partition coefficient (Wildman–Crippen LogP) is 5.12. The van der Waals surface area contributed by atoms with E-state index in [4.69, 9.17) is 24.4 Å². The van der Waals surface area contributed by atoms with Gasteiger partial charge in [-0.3, -0.25) is 24.4 Å². The first kappa shape index (κ1) is 33.9. The van der Waals surface area contributed by atoms with Gasteiger partial charge in [-0.1, -0.05) is 36.4 Å². The number of carbonyl (C=O) groups is 2. The standard InChI is InChI=1S/C42H47N7O4/c1-25-29(8-6-10-31(25)33-16-28-12-13-36(38(28)40(44-33)53-5)49-23-42(24-49)15-14-37(51)46-42)30-9-7-11-32(26(30)2)34-17-43-35(39(45-34)52-4)18-47-19-41(20-47)21-48(22-41)27(3)50/h6-11,16-17,36H,12-15,18-24H2,1-5H3,(H,46,51)/t36-/m0/s1. The summed E-state index contributed by atoms with van der Waals surface area (Å²) in [7, 11) is 3.38. The lowest BCUT2D eigenvalue weighted by Gasteiger charge is -2.60. The maximum Gasteiger partial charge on any atom is 0.237 e. The monoisotopic (exact) mass is 713 g/mol. The van der Waals surface area contributed by atoms with Gasteiger partial charge in [0.1, 0.15) is 5.69 Å². The summed E-state index contributed by atoms with van der Waals surface area (Å²) in [6.45, 7) is 12.0. The van der Waals surface area contributed by atoms with Gasteiger partial charge in [-0.2, -0.15) is 0 Å². The number of rotatable bonds is 8. The molecule has 1 N–H and O–H groups in total. The Labute approximate surface area is 310 Å². The first-order valence-electron chi connectivity index (χ1n) is 18.8. The lowest BCUT2D eigenvalue weighted by molar-refractivity contribution is -0.157. The first-order chi connectivity index (χ1) is 25.6. The summed E-state index contributed by atoms with van der Waals surface area (Å²) in [5.41, 5.74) is 11.9. The number of fused-ring (bicyclic) bond motifs is 1. The highest BCUT2D eigenvalue weighted by atomic mass is 16.5. The molecule has 274 valence electrons. The molecule has 2 spiro atoms. The number of hydrogen-bond acceptors (Lipinski definition) is 9. The van der Waals surface area contributed by atoms with Crippen LogP contribution >= 0.6 is 0 Å². The van der Waals surface area contributed by atoms with E-state index in [1.165, 1.54) is 11.1 Å². The Morgan fingerprint density at radius 3 is 2.13 bits per heavy atom. The van der Waals surface area contributed by atoms with E-state index in [9.17, 15) is 9.59 Å². The van der Waals surface area contributed by atoms with E-state index in [0.29, 0.717) is 24.7 Å². The van der Waals surface area contributed by atoms with Crippen molar-refractivity contribution in [1.82, 2.24) is 35.0 Å². The molecule has 11 heteroatoms. The number of hydrogen-bond donors (Lipinski definition) is 1. The summed E-state index contributed by atoms with van der Waals surface area (Å²) in [5, 5.41) is 3.22. The molecular formula is C42H47N7O4. The Morgan fingerprint density at radius 1 is 0.868 bits per heavy atom. The van der Waals surface area contributed by atoms with Crippen molar-refractivity contribution in [2.24, 2.45) is 5.41 Å². The van der Waals surface area contributed by atoms with Crippen LogP contribution in [-0.4, -0.2) is 100 Å². The molecule has 2 aromatic carbocycles. The number of methoxy groups -OCH3 is 2. The van der Waals surface area contributed by atoms with Crippen molar-refractivity contribution in [3.05, 3.63) is 76.6 Å². The molecule has 2 aromatic heterocycles. The number of aromatic nitrogens is 3. The summed E-state index contributed by atoms with van der Waals surface area (Å²) >= 11 is 0. The van der Waals surface area contributed by atoms with E-state index < -0.39 is 0 Å². The Morgan fingerprint density at radius 2 is 1.51 bits per heavy atom. The number of amides is 2. The van der Waals surface area contributed by atoms with Crippen LogP contribution in [0.2, 0.25) is 0 Å². The van der Waals surface area contributed by atoms with Crippen LogP contribution in [0.3, 0.4) is 0 Å². The smallest absolute Gasteiger partial charge is 0.237 e. The number of ether oxygens (including phenoxy) is 2. The van der Waals surface area contributed by atoms with Crippen LogP contribution in [0.15, 0.2) is 48.7 Å². The van der Waals surface area contributed by atoms with Crippen LogP contribution in [0.25, 0.3) is 33.6 Å². The Hall–Kier alpha value is -4.87. The maximum atomic E-state index is 11.9. The lowest BCUT2D eigenvalue weighted by Crippen LogP contribution is -2.72. The number of carbonyl (C=O) groups excluding carboxylic acids is 2. The summed E-state index contributed by atoms with van der Waals surface area (Å²) in [6.07, 6.45) is 5.42. The molecule has 6 heterocycles. The second-order valence-corrected chi connectivity index (χ2v) is 16.1. The minimum Gasteiger partial charge on any atom is -0.481 e. The molecule has 11 nitrogen and oxygen atoms in total. The highest BCUT2D eigenvalue weighted by Gasteiger charge is 2.53. The van der Waals surface area contributed by atoms with Gasteiger partial charge in [0.15, 0.2) is 0 Å². The summed E-state index contributed by atoms with van der Waals surface area (Å²) in [4.78, 5) is 45.3. The van der Waals surface area contributed by atoms with Gasteiger partial charge in [-0.05, 0) is 67.0 Å². The molecule has 53 heavy (non-hydrogen) atoms. The zero-order chi connectivity index (χ0) is 36.6. The summed E-state index contributed by atoms with van der Waals surface area (Å²) < 4.78 is 11.8. The topological polar surface area (TPSA) is 113 Å². The van der Waals surface area contributed by atoms with Crippen LogP contribution in [0.1, 0.15) is 60.2 Å². The molecule has 0 bridgehead atoms. The van der Waals surface area contributed by atoms with Crippen molar-refractivity contribution in [2.45, 2.75) is 64.6 Å². The van der Waals surface area contributed by atoms with Gasteiger partial charge in [-0.15, -0.1) is 0 Å². The van der Waals surface area contributed by atoms with Crippen molar-refractivity contribution in [2.75, 3.05) is 53.5 Å². The fraction of sp³-hybridized carbons (Fsp3) is 0.452. The summed E-state index contributed by atoms with van der Waals surface area (Å²) in [5.74, 6) is 1.58. The average Bonchev–Trinajstić information content (AvgIpc) is 3.71. The van der Waals surface area contributed by atoms with E-state index in [1.807, 2.05) is 11.1 Å². The summed E-state index contributed by atoms with van der Waals surface area (Å²) in [6, 6.07) is 15.3. The average molecular weight is 714 g/mol. The van der Waals surface area contributed by atoms with Crippen molar-refractivity contribution in [3.63, 3.8) is 0 Å². The van der Waals surface area contributed by atoms with E-state index >= 15 is 0 Å². The molecule has 9 rings (SSSR count). The van der Waals surface area contributed by atoms with Gasteiger partial charge in [0.05, 0.1) is 37.3 Å². The normalized spacial score (nSPS) is 21.2. The zero-order valence-corrected chi connectivity index (χ0v) is 31.3. The first-order valence-corrected chi connectivity index (χ1v) is 18.8. The molecule has 1 atom stereocenters. The lowest BCUT2D eigenvalue weighted by atomic mass is 9.73. The highest BCUT2D eigenvalue weighted by Crippen LogP contribution is 2.47. The molecule has 0 saturated carbocycles. The Kier molecular flexibility index (Phi) is 8.08.